The summed E-state index contributed by atoms with van der Waals surface area (Å²) in [6.07, 6.45) is -1.12. The van der Waals surface area contributed by atoms with Crippen molar-refractivity contribution in [3.8, 4) is 0 Å². The number of carbonyl (C=O) groups is 4. The van der Waals surface area contributed by atoms with Crippen LogP contribution in [0.5, 0.6) is 0 Å². The Labute approximate surface area is 200 Å². The van der Waals surface area contributed by atoms with Crippen LogP contribution in [0.4, 0.5) is 4.79 Å². The Bertz CT molecular complexity index is 868. The third-order valence-corrected chi connectivity index (χ3v) is 6.60. The van der Waals surface area contributed by atoms with Gasteiger partial charge in [0.2, 0.25) is 5.91 Å². The minimum absolute atomic E-state index is 0. The number of amides is 3. The van der Waals surface area contributed by atoms with E-state index in [0.717, 1.165) is 11.8 Å². The number of thioether (sulfide) groups is 1. The van der Waals surface area contributed by atoms with Crippen molar-refractivity contribution < 1.29 is 63.4 Å². The van der Waals surface area contributed by atoms with Crippen LogP contribution < -0.4 is 45.7 Å². The van der Waals surface area contributed by atoms with Crippen LogP contribution in [0, 0.1) is 5.41 Å². The fourth-order valence-electron chi connectivity index (χ4n) is 2.94. The molecule has 2 aliphatic rings. The van der Waals surface area contributed by atoms with Crippen LogP contribution in [-0.4, -0.2) is 76.9 Å². The zero-order chi connectivity index (χ0) is 21.2. The smallest absolute Gasteiger partial charge is 0.549 e. The number of nitrogens with one attached hydrogen (secondary N) is 1. The molecule has 0 spiro atoms. The van der Waals surface area contributed by atoms with Gasteiger partial charge in [0, 0.05) is 17.7 Å². The van der Waals surface area contributed by atoms with Gasteiger partial charge in [-0.15, -0.1) is 23.1 Å². The van der Waals surface area contributed by atoms with E-state index in [9.17, 15) is 24.3 Å². The van der Waals surface area contributed by atoms with Gasteiger partial charge in [-0.25, -0.2) is 9.78 Å². The predicted octanol–water partition coefficient (Wildman–Crippen LogP) is -5.27. The van der Waals surface area contributed by atoms with Gasteiger partial charge in [0.25, 0.3) is 5.91 Å². The monoisotopic (exact) mass is 465 g/mol. The number of aromatic nitrogens is 1. The Hall–Kier alpha value is -1.87. The van der Waals surface area contributed by atoms with Crippen molar-refractivity contribution in [1.29, 1.82) is 0 Å². The third-order valence-electron chi connectivity index (χ3n) is 4.43. The third kappa shape index (κ3) is 4.72. The van der Waals surface area contributed by atoms with Gasteiger partial charge in [-0.2, -0.15) is 0 Å². The van der Waals surface area contributed by atoms with Crippen LogP contribution in [0.15, 0.2) is 16.0 Å². The molecule has 15 heteroatoms. The van der Waals surface area contributed by atoms with E-state index in [1.165, 1.54) is 28.9 Å². The maximum absolute atomic E-state index is 12.6. The molecule has 12 nitrogen and oxygen atoms in total. The molecule has 156 valence electrons. The average Bonchev–Trinajstić information content (AvgIpc) is 3.22. The second-order valence-corrected chi connectivity index (χ2v) is 8.11. The minimum atomic E-state index is -1.58. The molecule has 1 aromatic rings. The number of carbonyl (C=O) groups excluding carboxylic acids is 4. The molecular weight excluding hydrogens is 449 g/mol. The Balaban J connectivity index is 0.00000320. The molecule has 2 saturated heterocycles. The number of carboxylic acids is 1. The van der Waals surface area contributed by atoms with E-state index in [1.54, 1.807) is 5.38 Å². The summed E-state index contributed by atoms with van der Waals surface area (Å²) in [6.45, 7) is -0.740. The van der Waals surface area contributed by atoms with Gasteiger partial charge < -0.3 is 35.4 Å². The fourth-order valence-corrected chi connectivity index (χ4v) is 5.00. The molecule has 0 bridgehead atoms. The van der Waals surface area contributed by atoms with Gasteiger partial charge in [0.15, 0.2) is 5.71 Å². The van der Waals surface area contributed by atoms with E-state index in [0.29, 0.717) is 5.69 Å². The molecule has 0 radical (unpaired) electrons. The number of nitrogens with two attached hydrogens (primary N) is 1. The number of aliphatic carboxylic acids is 1. The van der Waals surface area contributed by atoms with Crippen LogP contribution in [0.3, 0.4) is 0 Å². The molecule has 2 aliphatic heterocycles. The number of carboxylic acid groups (broad SMARTS) is 1. The number of primary amides is 1. The first-order valence-electron chi connectivity index (χ1n) is 8.15. The Kier molecular flexibility index (Phi) is 8.10. The van der Waals surface area contributed by atoms with Gasteiger partial charge in [0.1, 0.15) is 30.8 Å². The van der Waals surface area contributed by atoms with E-state index in [1.807, 2.05) is 0 Å². The van der Waals surface area contributed by atoms with Crippen LogP contribution in [0.25, 0.3) is 0 Å². The van der Waals surface area contributed by atoms with Gasteiger partial charge in [0.05, 0.1) is 16.9 Å². The van der Waals surface area contributed by atoms with Gasteiger partial charge in [-0.3, -0.25) is 9.59 Å². The maximum Gasteiger partial charge on any atom is 1.00 e. The molecule has 3 atom stereocenters. The average molecular weight is 465 g/mol. The van der Waals surface area contributed by atoms with Gasteiger partial charge in [-0.1, -0.05) is 5.16 Å². The van der Waals surface area contributed by atoms with Crippen LogP contribution in [-0.2, 0) is 24.0 Å². The van der Waals surface area contributed by atoms with Gasteiger partial charge in [-0.05, 0) is 0 Å². The summed E-state index contributed by atoms with van der Waals surface area (Å²) < 4.78 is 4.64. The Morgan fingerprint density at radius 3 is 2.80 bits per heavy atom. The van der Waals surface area contributed by atoms with Crippen molar-refractivity contribution in [2.24, 2.45) is 16.3 Å². The number of hydrogen-bond acceptors (Lipinski definition) is 11. The van der Waals surface area contributed by atoms with Crippen molar-refractivity contribution in [3.05, 3.63) is 16.6 Å². The van der Waals surface area contributed by atoms with Crippen molar-refractivity contribution in [3.63, 3.8) is 0 Å². The molecule has 0 saturated carbocycles. The van der Waals surface area contributed by atoms with E-state index < -0.39 is 47.3 Å². The summed E-state index contributed by atoms with van der Waals surface area (Å²) in [5.74, 6) is -2.57. The molecule has 1 aromatic heterocycles. The van der Waals surface area contributed by atoms with Crippen molar-refractivity contribution >= 4 is 52.7 Å². The summed E-state index contributed by atoms with van der Waals surface area (Å²) >= 11 is 2.39. The van der Waals surface area contributed by atoms with E-state index in [-0.39, 0.29) is 47.6 Å². The summed E-state index contributed by atoms with van der Waals surface area (Å²) in [5, 5.41) is 19.0. The van der Waals surface area contributed by atoms with Crippen LogP contribution in [0.2, 0.25) is 0 Å². The first kappa shape index (κ1) is 24.4. The second-order valence-electron chi connectivity index (χ2n) is 6.29. The van der Waals surface area contributed by atoms with Crippen LogP contribution >= 0.6 is 23.1 Å². The largest absolute Gasteiger partial charge is 1.00 e. The predicted molar refractivity (Wildman–Crippen MR) is 98.5 cm³/mol. The summed E-state index contributed by atoms with van der Waals surface area (Å²) in [6, 6.07) is -0.870. The van der Waals surface area contributed by atoms with Crippen molar-refractivity contribution in [2.75, 3.05) is 26.0 Å². The minimum Gasteiger partial charge on any atom is -0.549 e. The van der Waals surface area contributed by atoms with Crippen molar-refractivity contribution in [2.45, 2.75) is 11.4 Å². The van der Waals surface area contributed by atoms with Crippen molar-refractivity contribution in [1.82, 2.24) is 15.2 Å². The number of ether oxygens (including phenoxy) is 1. The molecular formula is C15H16N5NaO7S2. The van der Waals surface area contributed by atoms with Gasteiger partial charge >= 0.3 is 35.7 Å². The Morgan fingerprint density at radius 2 is 2.23 bits per heavy atom. The molecule has 0 aromatic carbocycles. The number of nitrogens with zero attached hydrogens (tertiary/aromatic N) is 3. The number of hydrogen-bond donors (Lipinski definition) is 2. The molecule has 30 heavy (non-hydrogen) atoms. The van der Waals surface area contributed by atoms with Crippen LogP contribution in [0.1, 0.15) is 5.69 Å². The normalized spacial score (nSPS) is 25.3. The fraction of sp³-hybridized carbons (Fsp3) is 0.467. The molecule has 3 N–H and O–H groups in total. The first-order chi connectivity index (χ1) is 13.8. The molecule has 2 unspecified atom stereocenters. The molecule has 3 rings (SSSR count). The second kappa shape index (κ2) is 9.96. The molecule has 3 heterocycles. The number of β-lactam (4-membered cyclic amide) rings is 1. The SMILES string of the molecule is CON=C(C(=O)NC1C(=O)N2CC(COC(N)=O)(C(=O)[O-])CS[C@H]12)c1cscn1.[Na+]. The number of thiazole rings is 1. The molecule has 0 aliphatic carbocycles. The number of oxime groups is 1. The molecule has 2 fully saturated rings. The summed E-state index contributed by atoms with van der Waals surface area (Å²) in [7, 11) is 1.28. The standard InChI is InChI=1S/C15H17N5O7S2.Na/c1-26-19-8(7-2-28-6-17-7)10(21)18-9-11(22)20-3-15(13(23)24,4-27-14(16)25)5-29-12(9)20;/h2,6,9,12H,3-5H2,1H3,(H2,16,25)(H,18,21)(H,23,24);/q;+1/p-1/t9?,12-,15?;/m1./s1. The quantitative estimate of drug-likeness (QED) is 0.172. The number of rotatable bonds is 7. The van der Waals surface area contributed by atoms with E-state index in [2.05, 4.69) is 25.0 Å². The zero-order valence-electron chi connectivity index (χ0n) is 16.0. The maximum atomic E-state index is 12.6. The first-order valence-corrected chi connectivity index (χ1v) is 10.1. The summed E-state index contributed by atoms with van der Waals surface area (Å²) in [4.78, 5) is 57.5. The number of fused-ring (bicyclic) bond motifs is 1. The Morgan fingerprint density at radius 1 is 1.50 bits per heavy atom. The van der Waals surface area contributed by atoms with E-state index >= 15 is 0 Å². The topological polar surface area (TPSA) is 176 Å². The van der Waals surface area contributed by atoms with E-state index in [4.69, 9.17) is 5.73 Å². The zero-order valence-corrected chi connectivity index (χ0v) is 19.7. The summed E-state index contributed by atoms with van der Waals surface area (Å²) in [5.41, 5.74) is 5.07. The molecule has 3 amide bonds.